The molecule has 1 N–H and O–H groups in total. The van der Waals surface area contributed by atoms with Gasteiger partial charge in [0, 0.05) is 17.6 Å². The van der Waals surface area contributed by atoms with Gasteiger partial charge in [0.25, 0.3) is 0 Å². The van der Waals surface area contributed by atoms with E-state index in [-0.39, 0.29) is 24.3 Å². The van der Waals surface area contributed by atoms with E-state index in [0.29, 0.717) is 16.5 Å². The van der Waals surface area contributed by atoms with Gasteiger partial charge in [-0.15, -0.1) is 0 Å². The number of halogens is 1. The molecule has 5 nitrogen and oxygen atoms in total. The van der Waals surface area contributed by atoms with Crippen molar-refractivity contribution >= 4 is 34.8 Å². The maximum Gasteiger partial charge on any atom is 0.244 e. The third-order valence-electron chi connectivity index (χ3n) is 3.97. The van der Waals surface area contributed by atoms with Crippen molar-refractivity contribution in [3.8, 4) is 5.75 Å². The number of amides is 2. The van der Waals surface area contributed by atoms with E-state index in [4.69, 9.17) is 16.3 Å². The number of para-hydroxylation sites is 1. The molecule has 0 saturated heterocycles. The van der Waals surface area contributed by atoms with E-state index in [0.717, 1.165) is 11.3 Å². The predicted octanol–water partition coefficient (Wildman–Crippen LogP) is 4.46. The monoisotopic (exact) mass is 374 g/mol. The van der Waals surface area contributed by atoms with Gasteiger partial charge >= 0.3 is 0 Å². The Kier molecular flexibility index (Phi) is 6.64. The minimum atomic E-state index is -0.296. The number of anilines is 2. The summed E-state index contributed by atoms with van der Waals surface area (Å²) in [4.78, 5) is 26.1. The van der Waals surface area contributed by atoms with Gasteiger partial charge in [0.1, 0.15) is 12.3 Å². The summed E-state index contributed by atoms with van der Waals surface area (Å²) in [7, 11) is 1.50. The van der Waals surface area contributed by atoms with Crippen molar-refractivity contribution in [1.82, 2.24) is 0 Å². The van der Waals surface area contributed by atoms with Gasteiger partial charge in [-0.05, 0) is 35.7 Å². The van der Waals surface area contributed by atoms with Gasteiger partial charge in [-0.2, -0.15) is 0 Å². The van der Waals surface area contributed by atoms with Crippen LogP contribution < -0.4 is 15.0 Å². The van der Waals surface area contributed by atoms with Gasteiger partial charge in [0.05, 0.1) is 12.8 Å². The Morgan fingerprint density at radius 2 is 1.88 bits per heavy atom. The van der Waals surface area contributed by atoms with E-state index in [9.17, 15) is 9.59 Å². The van der Waals surface area contributed by atoms with E-state index >= 15 is 0 Å². The van der Waals surface area contributed by atoms with Crippen LogP contribution >= 0.6 is 11.6 Å². The lowest BCUT2D eigenvalue weighted by Gasteiger charge is -2.23. The number of hydrogen-bond donors (Lipinski definition) is 1. The van der Waals surface area contributed by atoms with Crippen molar-refractivity contribution in [3.05, 3.63) is 53.1 Å². The van der Waals surface area contributed by atoms with E-state index in [1.807, 2.05) is 24.3 Å². The smallest absolute Gasteiger partial charge is 0.244 e. The first kappa shape index (κ1) is 19.8. The quantitative estimate of drug-likeness (QED) is 0.811. The van der Waals surface area contributed by atoms with Crippen LogP contribution in [0.15, 0.2) is 42.5 Å². The Bertz CT molecular complexity index is 805. The van der Waals surface area contributed by atoms with Crippen LogP contribution in [-0.2, 0) is 9.59 Å². The average Bonchev–Trinajstić information content (AvgIpc) is 2.59. The number of nitrogens with one attached hydrogen (secondary N) is 1. The van der Waals surface area contributed by atoms with Gasteiger partial charge in [-0.1, -0.05) is 43.6 Å². The van der Waals surface area contributed by atoms with E-state index in [2.05, 4.69) is 19.2 Å². The first-order chi connectivity index (χ1) is 12.3. The fourth-order valence-corrected chi connectivity index (χ4v) is 2.85. The highest BCUT2D eigenvalue weighted by Gasteiger charge is 2.20. The number of methoxy groups -OCH3 is 1. The van der Waals surface area contributed by atoms with E-state index in [1.165, 1.54) is 18.9 Å². The Hall–Kier alpha value is -2.53. The van der Waals surface area contributed by atoms with Crippen LogP contribution in [0.5, 0.6) is 5.75 Å². The minimum absolute atomic E-state index is 0.140. The average molecular weight is 375 g/mol. The molecule has 0 aliphatic heterocycles. The van der Waals surface area contributed by atoms with Gasteiger partial charge in [-0.25, -0.2) is 0 Å². The number of ether oxygens (including phenoxy) is 1. The summed E-state index contributed by atoms with van der Waals surface area (Å²) in [5, 5.41) is 3.35. The molecule has 0 spiro atoms. The zero-order valence-corrected chi connectivity index (χ0v) is 16.1. The summed E-state index contributed by atoms with van der Waals surface area (Å²) in [6.45, 7) is 5.38. The van der Waals surface area contributed by atoms with Gasteiger partial charge in [0.15, 0.2) is 0 Å². The molecule has 0 saturated carbocycles. The molecule has 0 aliphatic rings. The molecule has 2 rings (SSSR count). The van der Waals surface area contributed by atoms with Gasteiger partial charge in [-0.3, -0.25) is 14.5 Å². The summed E-state index contributed by atoms with van der Waals surface area (Å²) in [6, 6.07) is 12.6. The SMILES string of the molecule is COc1ccc(Cl)cc1N(CC(=O)Nc1ccccc1C(C)C)C(C)=O. The van der Waals surface area contributed by atoms with Gasteiger partial charge in [0.2, 0.25) is 11.8 Å². The highest BCUT2D eigenvalue weighted by molar-refractivity contribution is 6.31. The van der Waals surface area contributed by atoms with Crippen molar-refractivity contribution < 1.29 is 14.3 Å². The Morgan fingerprint density at radius 3 is 2.50 bits per heavy atom. The van der Waals surface area contributed by atoms with Crippen LogP contribution in [0.1, 0.15) is 32.3 Å². The van der Waals surface area contributed by atoms with E-state index in [1.54, 1.807) is 18.2 Å². The second kappa shape index (κ2) is 8.72. The molecule has 2 aromatic carbocycles. The number of carbonyl (C=O) groups excluding carboxylic acids is 2. The van der Waals surface area contributed by atoms with Crippen molar-refractivity contribution in [2.24, 2.45) is 0 Å². The van der Waals surface area contributed by atoms with Crippen LogP contribution in [0.3, 0.4) is 0 Å². The number of benzene rings is 2. The summed E-state index contributed by atoms with van der Waals surface area (Å²) < 4.78 is 5.30. The third kappa shape index (κ3) is 4.76. The highest BCUT2D eigenvalue weighted by Crippen LogP contribution is 2.31. The molecule has 0 unspecified atom stereocenters. The number of hydrogen-bond acceptors (Lipinski definition) is 3. The van der Waals surface area contributed by atoms with Crippen molar-refractivity contribution in [1.29, 1.82) is 0 Å². The molecule has 26 heavy (non-hydrogen) atoms. The molecule has 6 heteroatoms. The Morgan fingerprint density at radius 1 is 1.19 bits per heavy atom. The van der Waals surface area contributed by atoms with Crippen LogP contribution in [0, 0.1) is 0 Å². The molecule has 0 aliphatic carbocycles. The number of carbonyl (C=O) groups is 2. The highest BCUT2D eigenvalue weighted by atomic mass is 35.5. The number of nitrogens with zero attached hydrogens (tertiary/aromatic N) is 1. The first-order valence-electron chi connectivity index (χ1n) is 8.34. The molecule has 138 valence electrons. The topological polar surface area (TPSA) is 58.6 Å². The molecule has 0 heterocycles. The molecule has 0 radical (unpaired) electrons. The minimum Gasteiger partial charge on any atom is -0.495 e. The first-order valence-corrected chi connectivity index (χ1v) is 8.71. The largest absolute Gasteiger partial charge is 0.495 e. The lowest BCUT2D eigenvalue weighted by molar-refractivity contribution is -0.120. The standard InChI is InChI=1S/C20H23ClN2O3/c1-13(2)16-7-5-6-8-17(16)22-20(25)12-23(14(3)24)18-11-15(21)9-10-19(18)26-4/h5-11,13H,12H2,1-4H3,(H,22,25). The molecule has 2 amide bonds. The van der Waals surface area contributed by atoms with Crippen LogP contribution in [0.4, 0.5) is 11.4 Å². The predicted molar refractivity (Wildman–Crippen MR) is 105 cm³/mol. The van der Waals surface area contributed by atoms with Crippen LogP contribution in [-0.4, -0.2) is 25.5 Å². The lowest BCUT2D eigenvalue weighted by atomic mass is 10.0. The summed E-state index contributed by atoms with van der Waals surface area (Å²) in [6.07, 6.45) is 0. The molecule has 0 fully saturated rings. The molecule has 0 aromatic heterocycles. The van der Waals surface area contributed by atoms with E-state index < -0.39 is 0 Å². The maximum atomic E-state index is 12.6. The van der Waals surface area contributed by atoms with Crippen molar-refractivity contribution in [2.45, 2.75) is 26.7 Å². The summed E-state index contributed by atoms with van der Waals surface area (Å²) in [5.74, 6) is 0.164. The second-order valence-corrected chi connectivity index (χ2v) is 6.65. The molecule has 2 aromatic rings. The molecular formula is C20H23ClN2O3. The summed E-state index contributed by atoms with van der Waals surface area (Å²) in [5.41, 5.74) is 2.24. The fraction of sp³-hybridized carbons (Fsp3) is 0.300. The zero-order chi connectivity index (χ0) is 19.3. The molecule has 0 bridgehead atoms. The lowest BCUT2D eigenvalue weighted by Crippen LogP contribution is -2.37. The zero-order valence-electron chi connectivity index (χ0n) is 15.4. The Balaban J connectivity index is 2.25. The second-order valence-electron chi connectivity index (χ2n) is 6.21. The maximum absolute atomic E-state index is 12.6. The van der Waals surface area contributed by atoms with Crippen LogP contribution in [0.25, 0.3) is 0 Å². The fourth-order valence-electron chi connectivity index (χ4n) is 2.69. The van der Waals surface area contributed by atoms with Crippen molar-refractivity contribution in [3.63, 3.8) is 0 Å². The molecular weight excluding hydrogens is 352 g/mol. The van der Waals surface area contributed by atoms with Crippen molar-refractivity contribution in [2.75, 3.05) is 23.9 Å². The Labute approximate surface area is 158 Å². The third-order valence-corrected chi connectivity index (χ3v) is 4.21. The number of rotatable bonds is 6. The summed E-state index contributed by atoms with van der Waals surface area (Å²) >= 11 is 6.05. The normalized spacial score (nSPS) is 10.5. The molecule has 0 atom stereocenters. The van der Waals surface area contributed by atoms with Gasteiger partial charge < -0.3 is 10.1 Å². The van der Waals surface area contributed by atoms with Crippen LogP contribution in [0.2, 0.25) is 5.02 Å².